The normalized spacial score (nSPS) is 10.5. The summed E-state index contributed by atoms with van der Waals surface area (Å²) in [5.74, 6) is 0. The molecular formula is C7H4ClN2. The number of pyridine rings is 1. The molecule has 1 N–H and O–H groups in total. The van der Waals surface area contributed by atoms with Gasteiger partial charge in [-0.15, -0.1) is 0 Å². The Labute approximate surface area is 62.8 Å². The lowest BCUT2D eigenvalue weighted by molar-refractivity contribution is 1.40. The Balaban J connectivity index is 2.86. The molecule has 2 nitrogen and oxygen atoms in total. The lowest BCUT2D eigenvalue weighted by Crippen LogP contribution is -1.72. The van der Waals surface area contributed by atoms with Gasteiger partial charge in [-0.25, -0.2) is 0 Å². The van der Waals surface area contributed by atoms with Crippen LogP contribution in [-0.2, 0) is 0 Å². The van der Waals surface area contributed by atoms with Crippen molar-refractivity contribution in [2.24, 2.45) is 0 Å². The van der Waals surface area contributed by atoms with Gasteiger partial charge in [-0.3, -0.25) is 4.98 Å². The topological polar surface area (TPSA) is 28.7 Å². The van der Waals surface area contributed by atoms with Crippen LogP contribution in [0.3, 0.4) is 0 Å². The van der Waals surface area contributed by atoms with Crippen LogP contribution in [0.5, 0.6) is 0 Å². The number of hydrogen-bond donors (Lipinski definition) is 1. The maximum atomic E-state index is 5.68. The average Bonchev–Trinajstić information content (AvgIpc) is 2.33. The van der Waals surface area contributed by atoms with Crippen LogP contribution in [0.2, 0.25) is 5.02 Å². The molecule has 10 heavy (non-hydrogen) atoms. The van der Waals surface area contributed by atoms with E-state index in [1.165, 1.54) is 0 Å². The van der Waals surface area contributed by atoms with Crippen LogP contribution in [0.15, 0.2) is 18.3 Å². The number of hydrogen-bond acceptors (Lipinski definition) is 1. The first-order valence-corrected chi connectivity index (χ1v) is 3.24. The van der Waals surface area contributed by atoms with Crippen LogP contribution in [0.1, 0.15) is 0 Å². The second kappa shape index (κ2) is 1.99. The summed E-state index contributed by atoms with van der Waals surface area (Å²) in [6, 6.07) is 3.60. The Kier molecular flexibility index (Phi) is 1.14. The van der Waals surface area contributed by atoms with Gasteiger partial charge in [0.15, 0.2) is 0 Å². The third-order valence-electron chi connectivity index (χ3n) is 1.30. The highest BCUT2D eigenvalue weighted by atomic mass is 35.5. The molecule has 0 aliphatic heterocycles. The molecule has 2 heterocycles. The number of aromatic amines is 1. The molecule has 2 aromatic rings. The minimum Gasteiger partial charge on any atom is -0.352 e. The zero-order chi connectivity index (χ0) is 6.97. The molecule has 0 saturated heterocycles. The maximum Gasteiger partial charge on any atom is 0.0887 e. The molecule has 0 aliphatic carbocycles. The van der Waals surface area contributed by atoms with Crippen molar-refractivity contribution in [3.8, 4) is 0 Å². The molecule has 0 saturated carbocycles. The van der Waals surface area contributed by atoms with E-state index in [9.17, 15) is 0 Å². The van der Waals surface area contributed by atoms with Gasteiger partial charge in [0, 0.05) is 6.20 Å². The lowest BCUT2D eigenvalue weighted by atomic mass is 10.4. The van der Waals surface area contributed by atoms with Gasteiger partial charge in [0.25, 0.3) is 0 Å². The summed E-state index contributed by atoms with van der Waals surface area (Å²) >= 11 is 5.68. The fourth-order valence-electron chi connectivity index (χ4n) is 0.847. The number of H-pyrrole nitrogens is 1. The molecule has 0 bridgehead atoms. The van der Waals surface area contributed by atoms with Crippen LogP contribution >= 0.6 is 11.6 Å². The highest BCUT2D eigenvalue weighted by Gasteiger charge is 1.94. The van der Waals surface area contributed by atoms with Crippen molar-refractivity contribution < 1.29 is 0 Å². The second-order valence-corrected chi connectivity index (χ2v) is 2.44. The fourth-order valence-corrected chi connectivity index (χ4v) is 1.01. The predicted molar refractivity (Wildman–Crippen MR) is 39.9 cm³/mol. The molecule has 2 aromatic heterocycles. The van der Waals surface area contributed by atoms with Crippen molar-refractivity contribution in [2.75, 3.05) is 0 Å². The Hall–Kier alpha value is -1.02. The fraction of sp³-hybridized carbons (Fsp3) is 0. The highest BCUT2D eigenvalue weighted by molar-refractivity contribution is 6.31. The van der Waals surface area contributed by atoms with E-state index in [1.54, 1.807) is 12.3 Å². The average molecular weight is 152 g/mol. The van der Waals surface area contributed by atoms with Gasteiger partial charge in [0.2, 0.25) is 0 Å². The Bertz CT molecular complexity index is 353. The second-order valence-electron chi connectivity index (χ2n) is 2.00. The first-order valence-electron chi connectivity index (χ1n) is 2.86. The predicted octanol–water partition coefficient (Wildman–Crippen LogP) is 2.02. The molecule has 0 aromatic carbocycles. The molecule has 0 fully saturated rings. The summed E-state index contributed by atoms with van der Waals surface area (Å²) in [6.07, 6.45) is 4.44. The minimum atomic E-state index is 0.642. The molecule has 49 valence electrons. The molecule has 0 aliphatic rings. The Morgan fingerprint density at radius 2 is 2.50 bits per heavy atom. The van der Waals surface area contributed by atoms with E-state index in [-0.39, 0.29) is 0 Å². The van der Waals surface area contributed by atoms with Gasteiger partial charge in [-0.05, 0) is 12.1 Å². The van der Waals surface area contributed by atoms with Gasteiger partial charge in [-0.2, -0.15) is 0 Å². The molecule has 1 radical (unpaired) electrons. The lowest BCUT2D eigenvalue weighted by Gasteiger charge is -1.87. The third kappa shape index (κ3) is 0.772. The minimum absolute atomic E-state index is 0.642. The number of rotatable bonds is 0. The number of halogens is 1. The summed E-state index contributed by atoms with van der Waals surface area (Å²) in [4.78, 5) is 6.93. The standard InChI is InChI=1S/C7H4ClN2/c8-5-3-7-6(10-4-5)1-2-9-7/h1,3-4,9H. The van der Waals surface area contributed by atoms with Crippen LogP contribution < -0.4 is 0 Å². The molecule has 3 heteroatoms. The molecule has 0 amide bonds. The van der Waals surface area contributed by atoms with E-state index in [0.717, 1.165) is 11.0 Å². The van der Waals surface area contributed by atoms with Crippen molar-refractivity contribution in [1.82, 2.24) is 9.97 Å². The van der Waals surface area contributed by atoms with Crippen LogP contribution in [0, 0.1) is 6.20 Å². The molecule has 2 rings (SSSR count). The molecule has 0 atom stereocenters. The zero-order valence-corrected chi connectivity index (χ0v) is 5.81. The van der Waals surface area contributed by atoms with Crippen molar-refractivity contribution in [2.45, 2.75) is 0 Å². The van der Waals surface area contributed by atoms with Gasteiger partial charge in [0.1, 0.15) is 0 Å². The van der Waals surface area contributed by atoms with Gasteiger partial charge in [-0.1, -0.05) is 11.6 Å². The number of aromatic nitrogens is 2. The first kappa shape index (κ1) is 5.74. The smallest absolute Gasteiger partial charge is 0.0887 e. The van der Waals surface area contributed by atoms with Gasteiger partial charge in [0.05, 0.1) is 22.3 Å². The highest BCUT2D eigenvalue weighted by Crippen LogP contribution is 2.13. The van der Waals surface area contributed by atoms with Crippen molar-refractivity contribution in [1.29, 1.82) is 0 Å². The van der Waals surface area contributed by atoms with Crippen LogP contribution in [0.25, 0.3) is 11.0 Å². The molecular weight excluding hydrogens is 148 g/mol. The summed E-state index contributed by atoms with van der Waals surface area (Å²) in [5.41, 5.74) is 1.82. The summed E-state index contributed by atoms with van der Waals surface area (Å²) in [5, 5.41) is 0.642. The van der Waals surface area contributed by atoms with Crippen LogP contribution in [-0.4, -0.2) is 9.97 Å². The summed E-state index contributed by atoms with van der Waals surface area (Å²) in [6.45, 7) is 0. The molecule has 0 spiro atoms. The first-order chi connectivity index (χ1) is 4.86. The molecule has 0 unspecified atom stereocenters. The van der Waals surface area contributed by atoms with Crippen molar-refractivity contribution in [3.63, 3.8) is 0 Å². The zero-order valence-electron chi connectivity index (χ0n) is 5.06. The van der Waals surface area contributed by atoms with E-state index in [0.29, 0.717) is 5.02 Å². The van der Waals surface area contributed by atoms with Crippen LogP contribution in [0.4, 0.5) is 0 Å². The van der Waals surface area contributed by atoms with E-state index in [4.69, 9.17) is 11.6 Å². The van der Waals surface area contributed by atoms with Gasteiger partial charge >= 0.3 is 0 Å². The van der Waals surface area contributed by atoms with E-state index >= 15 is 0 Å². The number of fused-ring (bicyclic) bond motifs is 1. The summed E-state index contributed by atoms with van der Waals surface area (Å²) < 4.78 is 0. The quantitative estimate of drug-likeness (QED) is 0.613. The Morgan fingerprint density at radius 3 is 3.40 bits per heavy atom. The van der Waals surface area contributed by atoms with Crippen molar-refractivity contribution >= 4 is 22.6 Å². The summed E-state index contributed by atoms with van der Waals surface area (Å²) in [7, 11) is 0. The van der Waals surface area contributed by atoms with E-state index in [2.05, 4.69) is 16.2 Å². The van der Waals surface area contributed by atoms with E-state index in [1.807, 2.05) is 6.07 Å². The monoisotopic (exact) mass is 151 g/mol. The number of nitrogens with one attached hydrogen (secondary N) is 1. The van der Waals surface area contributed by atoms with Gasteiger partial charge < -0.3 is 4.98 Å². The Morgan fingerprint density at radius 1 is 1.60 bits per heavy atom. The maximum absolute atomic E-state index is 5.68. The van der Waals surface area contributed by atoms with E-state index < -0.39 is 0 Å². The largest absolute Gasteiger partial charge is 0.352 e. The van der Waals surface area contributed by atoms with Crippen molar-refractivity contribution in [3.05, 3.63) is 29.5 Å². The third-order valence-corrected chi connectivity index (χ3v) is 1.51. The SMILES string of the molecule is Clc1cnc2c[c][nH]c2c1. The number of nitrogens with zero attached hydrogens (tertiary/aromatic N) is 1.